The van der Waals surface area contributed by atoms with Crippen LogP contribution in [0.15, 0.2) is 36.7 Å². The first-order chi connectivity index (χ1) is 12.8. The van der Waals surface area contributed by atoms with Gasteiger partial charge < -0.3 is 10.1 Å². The van der Waals surface area contributed by atoms with E-state index in [0.29, 0.717) is 6.04 Å². The zero-order valence-electron chi connectivity index (χ0n) is 15.9. The summed E-state index contributed by atoms with van der Waals surface area (Å²) in [7, 11) is 1.72. The van der Waals surface area contributed by atoms with Crippen molar-refractivity contribution in [1.29, 1.82) is 0 Å². The molecular weight excluding hydrogens is 324 g/mol. The van der Waals surface area contributed by atoms with Crippen LogP contribution in [0.2, 0.25) is 0 Å². The molecule has 1 fully saturated rings. The summed E-state index contributed by atoms with van der Waals surface area (Å²) in [6, 6.07) is 8.89. The van der Waals surface area contributed by atoms with Gasteiger partial charge in [0.15, 0.2) is 0 Å². The van der Waals surface area contributed by atoms with Crippen molar-refractivity contribution < 1.29 is 4.74 Å². The van der Waals surface area contributed by atoms with Gasteiger partial charge in [0.1, 0.15) is 11.6 Å². The Kier molecular flexibility index (Phi) is 6.97. The van der Waals surface area contributed by atoms with Crippen LogP contribution in [-0.4, -0.2) is 41.1 Å². The predicted molar refractivity (Wildman–Crippen MR) is 104 cm³/mol. The molecule has 1 aromatic carbocycles. The molecule has 2 heterocycles. The minimum Gasteiger partial charge on any atom is -0.497 e. The molecule has 1 aliphatic rings. The number of aromatic nitrogens is 2. The van der Waals surface area contributed by atoms with E-state index in [1.54, 1.807) is 7.11 Å². The second-order valence-electron chi connectivity index (χ2n) is 7.06. The Balaban J connectivity index is 1.48. The van der Waals surface area contributed by atoms with Crippen LogP contribution in [0.25, 0.3) is 0 Å². The van der Waals surface area contributed by atoms with Crippen molar-refractivity contribution in [2.45, 2.75) is 51.7 Å². The molecule has 0 amide bonds. The summed E-state index contributed by atoms with van der Waals surface area (Å²) >= 11 is 0. The van der Waals surface area contributed by atoms with E-state index in [9.17, 15) is 0 Å². The third-order valence-electron chi connectivity index (χ3n) is 4.87. The summed E-state index contributed by atoms with van der Waals surface area (Å²) in [5.41, 5.74) is 2.47. The summed E-state index contributed by atoms with van der Waals surface area (Å²) in [6.07, 6.45) is 8.42. The Morgan fingerprint density at radius 1 is 1.23 bits per heavy atom. The predicted octanol–water partition coefficient (Wildman–Crippen LogP) is 3.19. The summed E-state index contributed by atoms with van der Waals surface area (Å²) in [4.78, 5) is 11.4. The molecule has 0 bridgehead atoms. The quantitative estimate of drug-likeness (QED) is 0.789. The number of benzene rings is 1. The van der Waals surface area contributed by atoms with Gasteiger partial charge in [0.2, 0.25) is 0 Å². The number of nitrogens with one attached hydrogen (secondary N) is 1. The molecule has 2 aromatic rings. The van der Waals surface area contributed by atoms with Crippen molar-refractivity contribution in [2.75, 3.05) is 20.2 Å². The summed E-state index contributed by atoms with van der Waals surface area (Å²) < 4.78 is 5.33. The van der Waals surface area contributed by atoms with Gasteiger partial charge in [0.05, 0.1) is 7.11 Å². The number of hydrogen-bond acceptors (Lipinski definition) is 5. The van der Waals surface area contributed by atoms with E-state index in [0.717, 1.165) is 56.2 Å². The molecule has 140 valence electrons. The number of methoxy groups -OCH3 is 1. The fourth-order valence-electron chi connectivity index (χ4n) is 3.48. The van der Waals surface area contributed by atoms with Crippen molar-refractivity contribution in [3.8, 4) is 5.75 Å². The molecule has 1 unspecified atom stereocenters. The van der Waals surface area contributed by atoms with Crippen LogP contribution in [0.4, 0.5) is 0 Å². The van der Waals surface area contributed by atoms with Crippen LogP contribution in [0, 0.1) is 0 Å². The van der Waals surface area contributed by atoms with E-state index >= 15 is 0 Å². The van der Waals surface area contributed by atoms with Gasteiger partial charge in [-0.15, -0.1) is 0 Å². The first-order valence-corrected chi connectivity index (χ1v) is 9.65. The molecule has 1 atom stereocenters. The minimum absolute atomic E-state index is 0.518. The standard InChI is InChI=1S/C21H30N4O/c1-3-6-21-23-13-18(14-24-21)12-22-19-8-5-10-25(16-19)15-17-7-4-9-20(11-17)26-2/h4,7,9,11,13-14,19,22H,3,5-6,8,10,12,15-16H2,1-2H3. The molecule has 0 spiro atoms. The number of hydrogen-bond donors (Lipinski definition) is 1. The Morgan fingerprint density at radius 3 is 2.85 bits per heavy atom. The molecule has 5 nitrogen and oxygen atoms in total. The van der Waals surface area contributed by atoms with Crippen molar-refractivity contribution in [3.63, 3.8) is 0 Å². The number of likely N-dealkylation sites (tertiary alicyclic amines) is 1. The van der Waals surface area contributed by atoms with Crippen LogP contribution in [0.5, 0.6) is 5.75 Å². The van der Waals surface area contributed by atoms with Crippen molar-refractivity contribution in [2.24, 2.45) is 0 Å². The third-order valence-corrected chi connectivity index (χ3v) is 4.87. The molecule has 1 N–H and O–H groups in total. The maximum atomic E-state index is 5.33. The highest BCUT2D eigenvalue weighted by Gasteiger charge is 2.19. The largest absolute Gasteiger partial charge is 0.497 e. The topological polar surface area (TPSA) is 50.3 Å². The van der Waals surface area contributed by atoms with E-state index in [-0.39, 0.29) is 0 Å². The number of rotatable bonds is 8. The average molecular weight is 354 g/mol. The van der Waals surface area contributed by atoms with Gasteiger partial charge >= 0.3 is 0 Å². The smallest absolute Gasteiger partial charge is 0.128 e. The van der Waals surface area contributed by atoms with Gasteiger partial charge in [0.25, 0.3) is 0 Å². The highest BCUT2D eigenvalue weighted by molar-refractivity contribution is 5.28. The maximum absolute atomic E-state index is 5.33. The van der Waals surface area contributed by atoms with Crippen LogP contribution >= 0.6 is 0 Å². The van der Waals surface area contributed by atoms with Crippen LogP contribution in [0.3, 0.4) is 0 Å². The lowest BCUT2D eigenvalue weighted by Crippen LogP contribution is -2.45. The Bertz CT molecular complexity index is 674. The summed E-state index contributed by atoms with van der Waals surface area (Å²) in [5, 5.41) is 3.68. The fraction of sp³-hybridized carbons (Fsp3) is 0.524. The molecule has 1 aliphatic heterocycles. The number of ether oxygens (including phenoxy) is 1. The van der Waals surface area contributed by atoms with Gasteiger partial charge in [-0.25, -0.2) is 9.97 Å². The van der Waals surface area contributed by atoms with Crippen LogP contribution in [0.1, 0.15) is 43.1 Å². The molecule has 0 radical (unpaired) electrons. The second kappa shape index (κ2) is 9.64. The maximum Gasteiger partial charge on any atom is 0.128 e. The zero-order valence-corrected chi connectivity index (χ0v) is 15.9. The highest BCUT2D eigenvalue weighted by atomic mass is 16.5. The normalized spacial score (nSPS) is 18.0. The fourth-order valence-corrected chi connectivity index (χ4v) is 3.48. The van der Waals surface area contributed by atoms with Gasteiger partial charge in [-0.2, -0.15) is 0 Å². The molecule has 1 aromatic heterocycles. The lowest BCUT2D eigenvalue weighted by molar-refractivity contribution is 0.182. The van der Waals surface area contributed by atoms with Crippen molar-refractivity contribution in [1.82, 2.24) is 20.2 Å². The Morgan fingerprint density at radius 2 is 2.08 bits per heavy atom. The number of nitrogens with zero attached hydrogens (tertiary/aromatic N) is 3. The van der Waals surface area contributed by atoms with Crippen LogP contribution < -0.4 is 10.1 Å². The van der Waals surface area contributed by atoms with Crippen molar-refractivity contribution in [3.05, 3.63) is 53.6 Å². The van der Waals surface area contributed by atoms with Crippen molar-refractivity contribution >= 4 is 0 Å². The van der Waals surface area contributed by atoms with E-state index < -0.39 is 0 Å². The lowest BCUT2D eigenvalue weighted by atomic mass is 10.0. The molecule has 5 heteroatoms. The number of piperidine rings is 1. The first-order valence-electron chi connectivity index (χ1n) is 9.65. The molecule has 0 saturated carbocycles. The molecular formula is C21H30N4O. The zero-order chi connectivity index (χ0) is 18.2. The average Bonchev–Trinajstić information content (AvgIpc) is 2.68. The Labute approximate surface area is 156 Å². The van der Waals surface area contributed by atoms with Gasteiger partial charge in [-0.3, -0.25) is 4.90 Å². The van der Waals surface area contributed by atoms with E-state index in [4.69, 9.17) is 4.74 Å². The van der Waals surface area contributed by atoms with Crippen LogP contribution in [-0.2, 0) is 19.5 Å². The third kappa shape index (κ3) is 5.51. The summed E-state index contributed by atoms with van der Waals surface area (Å²) in [5.74, 6) is 1.87. The monoisotopic (exact) mass is 354 g/mol. The Hall–Kier alpha value is -1.98. The van der Waals surface area contributed by atoms with Gasteiger partial charge in [-0.1, -0.05) is 19.1 Å². The second-order valence-corrected chi connectivity index (χ2v) is 7.06. The minimum atomic E-state index is 0.518. The van der Waals surface area contributed by atoms with E-state index in [2.05, 4.69) is 45.3 Å². The van der Waals surface area contributed by atoms with Gasteiger partial charge in [0, 0.05) is 50.1 Å². The first kappa shape index (κ1) is 18.8. The number of aryl methyl sites for hydroxylation is 1. The molecule has 26 heavy (non-hydrogen) atoms. The van der Waals surface area contributed by atoms with E-state index in [1.165, 1.54) is 18.4 Å². The van der Waals surface area contributed by atoms with Gasteiger partial charge in [-0.05, 0) is 43.5 Å². The summed E-state index contributed by atoms with van der Waals surface area (Å²) in [6.45, 7) is 6.20. The molecule has 1 saturated heterocycles. The molecule has 3 rings (SSSR count). The van der Waals surface area contributed by atoms with E-state index in [1.807, 2.05) is 18.5 Å². The lowest BCUT2D eigenvalue weighted by Gasteiger charge is -2.33. The SMILES string of the molecule is CCCc1ncc(CNC2CCCN(Cc3cccc(OC)c3)C2)cn1. The molecule has 0 aliphatic carbocycles. The highest BCUT2D eigenvalue weighted by Crippen LogP contribution is 2.17.